The smallest absolute Gasteiger partial charge is 0.337 e. The SMILES string of the molecule is Cc1ccc(S(=O)(=O)N(Cc2ccccc2C)c2ccccc2C(=O)O)cc1. The van der Waals surface area contributed by atoms with E-state index >= 15 is 0 Å². The van der Waals surface area contributed by atoms with Crippen LogP contribution in [0.5, 0.6) is 0 Å². The van der Waals surface area contributed by atoms with Gasteiger partial charge in [0.15, 0.2) is 0 Å². The zero-order chi connectivity index (χ0) is 20.3. The van der Waals surface area contributed by atoms with Crippen LogP contribution in [0.4, 0.5) is 5.69 Å². The van der Waals surface area contributed by atoms with Crippen LogP contribution >= 0.6 is 0 Å². The second kappa shape index (κ2) is 7.86. The minimum Gasteiger partial charge on any atom is -0.478 e. The van der Waals surface area contributed by atoms with Gasteiger partial charge in [-0.3, -0.25) is 4.31 Å². The van der Waals surface area contributed by atoms with Crippen LogP contribution in [0.15, 0.2) is 77.7 Å². The van der Waals surface area contributed by atoms with Crippen molar-refractivity contribution in [3.05, 3.63) is 95.1 Å². The zero-order valence-corrected chi connectivity index (χ0v) is 16.5. The number of sulfonamides is 1. The van der Waals surface area contributed by atoms with Crippen LogP contribution in [0.2, 0.25) is 0 Å². The van der Waals surface area contributed by atoms with E-state index < -0.39 is 16.0 Å². The molecule has 0 atom stereocenters. The number of aromatic carboxylic acids is 1. The first-order valence-electron chi connectivity index (χ1n) is 8.77. The summed E-state index contributed by atoms with van der Waals surface area (Å²) in [6.45, 7) is 3.81. The number of carbonyl (C=O) groups is 1. The van der Waals surface area contributed by atoms with Gasteiger partial charge in [-0.2, -0.15) is 0 Å². The molecule has 144 valence electrons. The Morgan fingerprint density at radius 2 is 1.50 bits per heavy atom. The third-order valence-electron chi connectivity index (χ3n) is 4.59. The molecule has 1 N–H and O–H groups in total. The predicted octanol–water partition coefficient (Wildman–Crippen LogP) is 4.40. The quantitative estimate of drug-likeness (QED) is 0.671. The molecule has 3 aromatic carbocycles. The molecule has 6 heteroatoms. The first-order chi connectivity index (χ1) is 13.3. The summed E-state index contributed by atoms with van der Waals surface area (Å²) in [4.78, 5) is 11.8. The number of carboxylic acid groups (broad SMARTS) is 1. The topological polar surface area (TPSA) is 74.7 Å². The molecule has 0 amide bonds. The van der Waals surface area contributed by atoms with Gasteiger partial charge in [0, 0.05) is 0 Å². The minimum atomic E-state index is -3.97. The van der Waals surface area contributed by atoms with Gasteiger partial charge in [-0.1, -0.05) is 54.1 Å². The summed E-state index contributed by atoms with van der Waals surface area (Å²) in [6.07, 6.45) is 0. The number of para-hydroxylation sites is 1. The van der Waals surface area contributed by atoms with Crippen LogP contribution in [-0.2, 0) is 16.6 Å². The van der Waals surface area contributed by atoms with Crippen molar-refractivity contribution < 1.29 is 18.3 Å². The van der Waals surface area contributed by atoms with E-state index in [9.17, 15) is 18.3 Å². The van der Waals surface area contributed by atoms with Crippen LogP contribution in [0.25, 0.3) is 0 Å². The van der Waals surface area contributed by atoms with Crippen molar-refractivity contribution in [3.8, 4) is 0 Å². The first-order valence-corrected chi connectivity index (χ1v) is 10.2. The molecule has 0 aliphatic carbocycles. The van der Waals surface area contributed by atoms with Crippen molar-refractivity contribution in [3.63, 3.8) is 0 Å². The summed E-state index contributed by atoms with van der Waals surface area (Å²) in [5.41, 5.74) is 2.75. The lowest BCUT2D eigenvalue weighted by Crippen LogP contribution is -2.32. The summed E-state index contributed by atoms with van der Waals surface area (Å²) in [5.74, 6) is -1.18. The molecule has 0 bridgehead atoms. The van der Waals surface area contributed by atoms with E-state index in [1.165, 1.54) is 16.4 Å². The standard InChI is InChI=1S/C22H21NO4S/c1-16-11-13-19(14-12-16)28(26,27)23(15-18-8-4-3-7-17(18)2)21-10-6-5-9-20(21)22(24)25/h3-14H,15H2,1-2H3,(H,24,25). The summed E-state index contributed by atoms with van der Waals surface area (Å²) >= 11 is 0. The molecule has 0 saturated heterocycles. The maximum absolute atomic E-state index is 13.5. The Morgan fingerprint density at radius 1 is 0.893 bits per heavy atom. The van der Waals surface area contributed by atoms with Crippen LogP contribution in [0, 0.1) is 13.8 Å². The van der Waals surface area contributed by atoms with Crippen molar-refractivity contribution >= 4 is 21.7 Å². The summed E-state index contributed by atoms with van der Waals surface area (Å²) in [6, 6.07) is 20.1. The van der Waals surface area contributed by atoms with Gasteiger partial charge in [0.05, 0.1) is 22.7 Å². The Labute approximate surface area is 164 Å². The second-order valence-electron chi connectivity index (χ2n) is 6.57. The van der Waals surface area contributed by atoms with Crippen LogP contribution in [0.3, 0.4) is 0 Å². The first kappa shape index (κ1) is 19.6. The molecule has 0 saturated carbocycles. The largest absolute Gasteiger partial charge is 0.478 e. The van der Waals surface area contributed by atoms with Gasteiger partial charge in [-0.25, -0.2) is 13.2 Å². The zero-order valence-electron chi connectivity index (χ0n) is 15.7. The molecule has 3 rings (SSSR count). The lowest BCUT2D eigenvalue weighted by Gasteiger charge is -2.26. The van der Waals surface area contributed by atoms with Crippen molar-refractivity contribution in [2.45, 2.75) is 25.3 Å². The molecule has 0 aliphatic rings. The summed E-state index contributed by atoms with van der Waals surface area (Å²) in [7, 11) is -3.97. The normalized spacial score (nSPS) is 11.2. The maximum Gasteiger partial charge on any atom is 0.337 e. The molecule has 0 aliphatic heterocycles. The third kappa shape index (κ3) is 3.92. The Morgan fingerprint density at radius 3 is 2.14 bits per heavy atom. The van der Waals surface area contributed by atoms with E-state index in [1.807, 2.05) is 38.1 Å². The fourth-order valence-electron chi connectivity index (χ4n) is 2.95. The average molecular weight is 395 g/mol. The van der Waals surface area contributed by atoms with Crippen molar-refractivity contribution in [2.24, 2.45) is 0 Å². The monoisotopic (exact) mass is 395 g/mol. The summed E-state index contributed by atoms with van der Waals surface area (Å²) < 4.78 is 28.1. The number of benzene rings is 3. The third-order valence-corrected chi connectivity index (χ3v) is 6.36. The van der Waals surface area contributed by atoms with Crippen molar-refractivity contribution in [1.29, 1.82) is 0 Å². The summed E-state index contributed by atoms with van der Waals surface area (Å²) in [5, 5.41) is 9.59. The van der Waals surface area contributed by atoms with Gasteiger partial charge in [0.25, 0.3) is 10.0 Å². The van der Waals surface area contributed by atoms with Gasteiger partial charge in [-0.15, -0.1) is 0 Å². The molecule has 0 unspecified atom stereocenters. The van der Waals surface area contributed by atoms with Crippen LogP contribution in [-0.4, -0.2) is 19.5 Å². The van der Waals surface area contributed by atoms with Gasteiger partial charge in [-0.05, 0) is 49.2 Å². The Balaban J connectivity index is 2.19. The minimum absolute atomic E-state index is 0.0349. The van der Waals surface area contributed by atoms with E-state index in [2.05, 4.69) is 0 Å². The molecule has 28 heavy (non-hydrogen) atoms. The molecule has 3 aromatic rings. The molecule has 0 aromatic heterocycles. The number of nitrogens with zero attached hydrogens (tertiary/aromatic N) is 1. The van der Waals surface area contributed by atoms with Crippen LogP contribution < -0.4 is 4.31 Å². The maximum atomic E-state index is 13.5. The fourth-order valence-corrected chi connectivity index (χ4v) is 4.41. The Kier molecular flexibility index (Phi) is 5.51. The highest BCUT2D eigenvalue weighted by Gasteiger charge is 2.28. The lowest BCUT2D eigenvalue weighted by atomic mass is 10.1. The molecule has 0 radical (unpaired) electrons. The van der Waals surface area contributed by atoms with E-state index in [0.717, 1.165) is 16.7 Å². The van der Waals surface area contributed by atoms with E-state index in [-0.39, 0.29) is 22.7 Å². The number of anilines is 1. The van der Waals surface area contributed by atoms with Crippen molar-refractivity contribution in [1.82, 2.24) is 0 Å². The van der Waals surface area contributed by atoms with E-state index in [0.29, 0.717) is 0 Å². The average Bonchev–Trinajstić information content (AvgIpc) is 2.67. The molecule has 0 heterocycles. The predicted molar refractivity (Wildman–Crippen MR) is 109 cm³/mol. The van der Waals surface area contributed by atoms with E-state index in [1.54, 1.807) is 36.4 Å². The molecule has 5 nitrogen and oxygen atoms in total. The number of rotatable bonds is 6. The molecule has 0 spiro atoms. The molecular weight excluding hydrogens is 374 g/mol. The highest BCUT2D eigenvalue weighted by atomic mass is 32.2. The van der Waals surface area contributed by atoms with Gasteiger partial charge in [0.1, 0.15) is 0 Å². The number of hydrogen-bond acceptors (Lipinski definition) is 3. The number of aryl methyl sites for hydroxylation is 2. The van der Waals surface area contributed by atoms with Crippen LogP contribution in [0.1, 0.15) is 27.0 Å². The van der Waals surface area contributed by atoms with Gasteiger partial charge < -0.3 is 5.11 Å². The molecular formula is C22H21NO4S. The number of hydrogen-bond donors (Lipinski definition) is 1. The van der Waals surface area contributed by atoms with Crippen molar-refractivity contribution in [2.75, 3.05) is 4.31 Å². The van der Waals surface area contributed by atoms with Gasteiger partial charge in [0.2, 0.25) is 0 Å². The lowest BCUT2D eigenvalue weighted by molar-refractivity contribution is 0.0697. The second-order valence-corrected chi connectivity index (χ2v) is 8.44. The fraction of sp³-hybridized carbons (Fsp3) is 0.136. The van der Waals surface area contributed by atoms with Gasteiger partial charge >= 0.3 is 5.97 Å². The number of carboxylic acids is 1. The Hall–Kier alpha value is -3.12. The highest BCUT2D eigenvalue weighted by Crippen LogP contribution is 2.30. The van der Waals surface area contributed by atoms with E-state index in [4.69, 9.17) is 0 Å². The highest BCUT2D eigenvalue weighted by molar-refractivity contribution is 7.92. The molecule has 0 fully saturated rings. The Bertz CT molecular complexity index is 1110.